The molecule has 80 valence electrons. The maximum Gasteiger partial charge on any atom is 0.154 e. The monoisotopic (exact) mass is 268 g/mol. The molecule has 0 aliphatic carbocycles. The van der Waals surface area contributed by atoms with Crippen LogP contribution in [0, 0.1) is 0 Å². The van der Waals surface area contributed by atoms with Gasteiger partial charge in [0, 0.05) is 23.8 Å². The van der Waals surface area contributed by atoms with Crippen LogP contribution in [0.25, 0.3) is 0 Å². The van der Waals surface area contributed by atoms with Gasteiger partial charge in [0.25, 0.3) is 0 Å². The highest BCUT2D eigenvalue weighted by molar-refractivity contribution is 9.10. The summed E-state index contributed by atoms with van der Waals surface area (Å²) in [6, 6.07) is 1.80. The first-order valence-corrected chi connectivity index (χ1v) is 5.97. The average molecular weight is 269 g/mol. The number of carbonyl (C=O) groups excluding carboxylic acids is 1. The number of anilines is 1. The van der Waals surface area contributed by atoms with Gasteiger partial charge in [0.15, 0.2) is 6.29 Å². The van der Waals surface area contributed by atoms with E-state index in [0.29, 0.717) is 5.56 Å². The van der Waals surface area contributed by atoms with Gasteiger partial charge in [0.2, 0.25) is 0 Å². The predicted molar refractivity (Wildman–Crippen MR) is 63.4 cm³/mol. The Balaban J connectivity index is 2.33. The molecule has 0 bridgehead atoms. The smallest absolute Gasteiger partial charge is 0.154 e. The molecule has 3 nitrogen and oxygen atoms in total. The molecule has 1 aromatic rings. The molecule has 1 aliphatic heterocycles. The SMILES string of the molecule is O=Cc1c(Br)ccnc1N1CCCCC1. The number of piperidine rings is 1. The van der Waals surface area contributed by atoms with Crippen LogP contribution in [0.5, 0.6) is 0 Å². The number of nitrogens with zero attached hydrogens (tertiary/aromatic N) is 2. The molecule has 0 N–H and O–H groups in total. The molecule has 2 heterocycles. The summed E-state index contributed by atoms with van der Waals surface area (Å²) in [5.41, 5.74) is 0.666. The molecule has 0 spiro atoms. The molecule has 0 atom stereocenters. The highest BCUT2D eigenvalue weighted by Crippen LogP contribution is 2.25. The second-order valence-electron chi connectivity index (χ2n) is 3.70. The zero-order valence-electron chi connectivity index (χ0n) is 8.45. The van der Waals surface area contributed by atoms with Crippen LogP contribution in [0.2, 0.25) is 0 Å². The van der Waals surface area contributed by atoms with Crippen molar-refractivity contribution in [2.45, 2.75) is 19.3 Å². The first-order chi connectivity index (χ1) is 7.33. The molecule has 4 heteroatoms. The van der Waals surface area contributed by atoms with Crippen LogP contribution in [0.4, 0.5) is 5.82 Å². The van der Waals surface area contributed by atoms with Crippen molar-refractivity contribution in [2.24, 2.45) is 0 Å². The Kier molecular flexibility index (Phi) is 3.36. The van der Waals surface area contributed by atoms with Crippen LogP contribution in [0.1, 0.15) is 29.6 Å². The lowest BCUT2D eigenvalue weighted by Crippen LogP contribution is -2.31. The predicted octanol–water partition coefficient (Wildman–Crippen LogP) is 2.65. The van der Waals surface area contributed by atoms with Gasteiger partial charge >= 0.3 is 0 Å². The lowest BCUT2D eigenvalue weighted by Gasteiger charge is -2.28. The number of halogens is 1. The van der Waals surface area contributed by atoms with Gasteiger partial charge in [0.1, 0.15) is 5.82 Å². The topological polar surface area (TPSA) is 33.2 Å². The van der Waals surface area contributed by atoms with Crippen molar-refractivity contribution in [3.8, 4) is 0 Å². The Morgan fingerprint density at radius 2 is 2.07 bits per heavy atom. The van der Waals surface area contributed by atoms with Gasteiger partial charge < -0.3 is 4.90 Å². The third-order valence-corrected chi connectivity index (χ3v) is 3.38. The fraction of sp³-hybridized carbons (Fsp3) is 0.455. The third-order valence-electron chi connectivity index (χ3n) is 2.69. The second kappa shape index (κ2) is 4.75. The molecule has 1 aliphatic rings. The number of carbonyl (C=O) groups is 1. The molecule has 0 aromatic carbocycles. The minimum atomic E-state index is 0.666. The molecule has 0 radical (unpaired) electrons. The van der Waals surface area contributed by atoms with Crippen molar-refractivity contribution in [1.29, 1.82) is 0 Å². The first-order valence-electron chi connectivity index (χ1n) is 5.17. The van der Waals surface area contributed by atoms with E-state index < -0.39 is 0 Å². The summed E-state index contributed by atoms with van der Waals surface area (Å²) < 4.78 is 0.827. The minimum absolute atomic E-state index is 0.666. The second-order valence-corrected chi connectivity index (χ2v) is 4.55. The standard InChI is InChI=1S/C11H13BrN2O/c12-10-4-5-13-11(9(10)8-15)14-6-2-1-3-7-14/h4-5,8H,1-3,6-7H2. The van der Waals surface area contributed by atoms with Crippen molar-refractivity contribution < 1.29 is 4.79 Å². The van der Waals surface area contributed by atoms with Gasteiger partial charge in [-0.1, -0.05) is 0 Å². The molecular formula is C11H13BrN2O. The van der Waals surface area contributed by atoms with E-state index in [9.17, 15) is 4.79 Å². The Morgan fingerprint density at radius 3 is 2.73 bits per heavy atom. The van der Waals surface area contributed by atoms with E-state index in [1.54, 1.807) is 12.3 Å². The Morgan fingerprint density at radius 1 is 1.33 bits per heavy atom. The zero-order valence-corrected chi connectivity index (χ0v) is 10.0. The molecule has 1 saturated heterocycles. The van der Waals surface area contributed by atoms with Crippen LogP contribution in [-0.2, 0) is 0 Å². The number of aromatic nitrogens is 1. The van der Waals surface area contributed by atoms with Crippen molar-refractivity contribution >= 4 is 28.0 Å². The molecular weight excluding hydrogens is 256 g/mol. The van der Waals surface area contributed by atoms with Gasteiger partial charge in [0.05, 0.1) is 5.56 Å². The van der Waals surface area contributed by atoms with Gasteiger partial charge in [-0.05, 0) is 41.3 Å². The van der Waals surface area contributed by atoms with E-state index in [4.69, 9.17) is 0 Å². The lowest BCUT2D eigenvalue weighted by atomic mass is 10.1. The van der Waals surface area contributed by atoms with E-state index in [2.05, 4.69) is 25.8 Å². The summed E-state index contributed by atoms with van der Waals surface area (Å²) in [5, 5.41) is 0. The van der Waals surface area contributed by atoms with Crippen LogP contribution in [-0.4, -0.2) is 24.4 Å². The summed E-state index contributed by atoms with van der Waals surface area (Å²) in [4.78, 5) is 17.5. The lowest BCUT2D eigenvalue weighted by molar-refractivity contribution is 0.112. The highest BCUT2D eigenvalue weighted by atomic mass is 79.9. The zero-order chi connectivity index (χ0) is 10.7. The largest absolute Gasteiger partial charge is 0.356 e. The van der Waals surface area contributed by atoms with Crippen molar-refractivity contribution in [2.75, 3.05) is 18.0 Å². The fourth-order valence-corrected chi connectivity index (χ4v) is 2.30. The van der Waals surface area contributed by atoms with Crippen LogP contribution >= 0.6 is 15.9 Å². The van der Waals surface area contributed by atoms with Gasteiger partial charge in [-0.2, -0.15) is 0 Å². The summed E-state index contributed by atoms with van der Waals surface area (Å²) >= 11 is 3.38. The quantitative estimate of drug-likeness (QED) is 0.774. The maximum absolute atomic E-state index is 11.0. The van der Waals surface area contributed by atoms with E-state index >= 15 is 0 Å². The minimum Gasteiger partial charge on any atom is -0.356 e. The molecule has 15 heavy (non-hydrogen) atoms. The number of pyridine rings is 1. The Labute approximate surface area is 97.6 Å². The molecule has 0 saturated carbocycles. The van der Waals surface area contributed by atoms with Gasteiger partial charge in [-0.3, -0.25) is 4.79 Å². The first kappa shape index (κ1) is 10.6. The third kappa shape index (κ3) is 2.20. The van der Waals surface area contributed by atoms with Crippen LogP contribution in [0.3, 0.4) is 0 Å². The fourth-order valence-electron chi connectivity index (χ4n) is 1.91. The molecule has 0 unspecified atom stereocenters. The number of hydrogen-bond donors (Lipinski definition) is 0. The van der Waals surface area contributed by atoms with Gasteiger partial charge in [-0.25, -0.2) is 4.98 Å². The van der Waals surface area contributed by atoms with Crippen molar-refractivity contribution in [1.82, 2.24) is 4.98 Å². The molecule has 1 fully saturated rings. The van der Waals surface area contributed by atoms with E-state index in [1.807, 2.05) is 0 Å². The van der Waals surface area contributed by atoms with Crippen LogP contribution in [0.15, 0.2) is 16.7 Å². The van der Waals surface area contributed by atoms with Crippen molar-refractivity contribution in [3.05, 3.63) is 22.3 Å². The Bertz CT molecular complexity index is 362. The van der Waals surface area contributed by atoms with E-state index in [1.165, 1.54) is 19.3 Å². The normalized spacial score (nSPS) is 16.5. The number of rotatable bonds is 2. The highest BCUT2D eigenvalue weighted by Gasteiger charge is 2.16. The molecule has 2 rings (SSSR count). The summed E-state index contributed by atoms with van der Waals surface area (Å²) in [7, 11) is 0. The van der Waals surface area contributed by atoms with Crippen LogP contribution < -0.4 is 4.90 Å². The summed E-state index contributed by atoms with van der Waals surface area (Å²) in [6.07, 6.45) is 6.27. The molecule has 1 aromatic heterocycles. The van der Waals surface area contributed by atoms with E-state index in [0.717, 1.165) is 29.7 Å². The number of aldehydes is 1. The summed E-state index contributed by atoms with van der Waals surface area (Å²) in [5.74, 6) is 0.819. The van der Waals surface area contributed by atoms with E-state index in [-0.39, 0.29) is 0 Å². The average Bonchev–Trinajstić information content (AvgIpc) is 2.30. The number of hydrogen-bond acceptors (Lipinski definition) is 3. The van der Waals surface area contributed by atoms with Crippen molar-refractivity contribution in [3.63, 3.8) is 0 Å². The maximum atomic E-state index is 11.0. The molecule has 0 amide bonds. The van der Waals surface area contributed by atoms with Gasteiger partial charge in [-0.15, -0.1) is 0 Å². The Hall–Kier alpha value is -0.900. The summed E-state index contributed by atoms with van der Waals surface area (Å²) in [6.45, 7) is 2.01.